The molecule has 24 heavy (non-hydrogen) atoms. The SMILES string of the molecule is CC.Cc1ccc(-c2ccccc2CN2CCCC2CN(C)C)s1. The van der Waals surface area contributed by atoms with Gasteiger partial charge in [0.1, 0.15) is 0 Å². The molecule has 132 valence electrons. The van der Waals surface area contributed by atoms with Gasteiger partial charge in [0.25, 0.3) is 0 Å². The average molecular weight is 345 g/mol. The topological polar surface area (TPSA) is 6.48 Å². The first-order chi connectivity index (χ1) is 11.6. The largest absolute Gasteiger partial charge is 0.308 e. The molecule has 0 radical (unpaired) electrons. The predicted molar refractivity (Wildman–Crippen MR) is 108 cm³/mol. The number of benzene rings is 1. The van der Waals surface area contributed by atoms with Crippen molar-refractivity contribution in [2.75, 3.05) is 27.2 Å². The number of likely N-dealkylation sites (tertiary alicyclic amines) is 1. The number of thiophene rings is 1. The summed E-state index contributed by atoms with van der Waals surface area (Å²) in [7, 11) is 4.36. The third kappa shape index (κ3) is 4.92. The van der Waals surface area contributed by atoms with Gasteiger partial charge in [-0.15, -0.1) is 11.3 Å². The molecule has 1 aliphatic rings. The van der Waals surface area contributed by atoms with Gasteiger partial charge in [0, 0.05) is 28.9 Å². The van der Waals surface area contributed by atoms with Crippen LogP contribution in [0.1, 0.15) is 37.1 Å². The molecule has 1 fully saturated rings. The summed E-state index contributed by atoms with van der Waals surface area (Å²) in [6, 6.07) is 14.1. The van der Waals surface area contributed by atoms with E-state index in [0.29, 0.717) is 6.04 Å². The highest BCUT2D eigenvalue weighted by atomic mass is 32.1. The van der Waals surface area contributed by atoms with Gasteiger partial charge < -0.3 is 4.90 Å². The molecule has 2 heterocycles. The van der Waals surface area contributed by atoms with E-state index in [-0.39, 0.29) is 0 Å². The molecule has 1 unspecified atom stereocenters. The zero-order chi connectivity index (χ0) is 17.5. The zero-order valence-electron chi connectivity index (χ0n) is 15.9. The number of aryl methyl sites for hydroxylation is 1. The molecule has 1 aromatic carbocycles. The quantitative estimate of drug-likeness (QED) is 0.728. The predicted octanol–water partition coefficient (Wildman–Crippen LogP) is 5.28. The maximum Gasteiger partial charge on any atom is 0.0348 e. The van der Waals surface area contributed by atoms with Gasteiger partial charge in [0.2, 0.25) is 0 Å². The van der Waals surface area contributed by atoms with Crippen molar-refractivity contribution in [3.05, 3.63) is 46.8 Å². The van der Waals surface area contributed by atoms with E-state index in [4.69, 9.17) is 0 Å². The van der Waals surface area contributed by atoms with Crippen molar-refractivity contribution in [1.29, 1.82) is 0 Å². The summed E-state index contributed by atoms with van der Waals surface area (Å²) in [5, 5.41) is 0. The third-order valence-electron chi connectivity index (χ3n) is 4.47. The summed E-state index contributed by atoms with van der Waals surface area (Å²) in [5.74, 6) is 0. The van der Waals surface area contributed by atoms with Crippen molar-refractivity contribution in [2.45, 2.75) is 46.2 Å². The fraction of sp³-hybridized carbons (Fsp3) is 0.524. The molecule has 0 N–H and O–H groups in total. The van der Waals surface area contributed by atoms with Crippen molar-refractivity contribution in [3.63, 3.8) is 0 Å². The number of rotatable bonds is 5. The van der Waals surface area contributed by atoms with Crippen molar-refractivity contribution in [2.24, 2.45) is 0 Å². The van der Waals surface area contributed by atoms with Crippen LogP contribution in [0.4, 0.5) is 0 Å². The molecule has 2 nitrogen and oxygen atoms in total. The maximum atomic E-state index is 2.67. The third-order valence-corrected chi connectivity index (χ3v) is 5.51. The molecule has 2 aromatic rings. The summed E-state index contributed by atoms with van der Waals surface area (Å²) in [6.45, 7) is 9.66. The standard InChI is InChI=1S/C19H26N2S.C2H6/c1-15-10-11-19(22-15)18-9-5-4-7-16(18)13-21-12-6-8-17(21)14-20(2)3;1-2/h4-5,7,9-11,17H,6,8,12-14H2,1-3H3;1-2H3. The molecule has 3 rings (SSSR count). The van der Waals surface area contributed by atoms with Crippen LogP contribution in [0.3, 0.4) is 0 Å². The summed E-state index contributed by atoms with van der Waals surface area (Å²) in [4.78, 5) is 7.77. The number of hydrogen-bond donors (Lipinski definition) is 0. The van der Waals surface area contributed by atoms with Crippen LogP contribution in [0.5, 0.6) is 0 Å². The van der Waals surface area contributed by atoms with Crippen LogP contribution in [0.25, 0.3) is 10.4 Å². The van der Waals surface area contributed by atoms with Gasteiger partial charge in [-0.2, -0.15) is 0 Å². The Balaban J connectivity index is 0.00000100. The Morgan fingerprint density at radius 1 is 1.12 bits per heavy atom. The second-order valence-electron chi connectivity index (χ2n) is 6.60. The number of hydrogen-bond acceptors (Lipinski definition) is 3. The van der Waals surface area contributed by atoms with Gasteiger partial charge >= 0.3 is 0 Å². The Morgan fingerprint density at radius 3 is 2.54 bits per heavy atom. The fourth-order valence-electron chi connectivity index (χ4n) is 3.43. The van der Waals surface area contributed by atoms with E-state index in [1.54, 1.807) is 0 Å². The molecule has 0 saturated carbocycles. The van der Waals surface area contributed by atoms with Crippen molar-refractivity contribution in [3.8, 4) is 10.4 Å². The van der Waals surface area contributed by atoms with E-state index in [1.807, 2.05) is 25.2 Å². The highest BCUT2D eigenvalue weighted by molar-refractivity contribution is 7.15. The molecular formula is C21H32N2S. The summed E-state index contributed by atoms with van der Waals surface area (Å²) >= 11 is 1.90. The first-order valence-corrected chi connectivity index (χ1v) is 9.98. The average Bonchev–Trinajstić information content (AvgIpc) is 3.19. The molecule has 0 spiro atoms. The number of nitrogens with zero attached hydrogens (tertiary/aromatic N) is 2. The molecule has 0 bridgehead atoms. The summed E-state index contributed by atoms with van der Waals surface area (Å²) in [6.07, 6.45) is 2.66. The summed E-state index contributed by atoms with van der Waals surface area (Å²) < 4.78 is 0. The smallest absolute Gasteiger partial charge is 0.0348 e. The van der Waals surface area contributed by atoms with Crippen LogP contribution < -0.4 is 0 Å². The fourth-order valence-corrected chi connectivity index (χ4v) is 4.36. The monoisotopic (exact) mass is 344 g/mol. The first-order valence-electron chi connectivity index (χ1n) is 9.17. The zero-order valence-corrected chi connectivity index (χ0v) is 16.7. The van der Waals surface area contributed by atoms with Gasteiger partial charge in [-0.3, -0.25) is 4.90 Å². The Labute approximate surface area is 152 Å². The summed E-state index contributed by atoms with van der Waals surface area (Å²) in [5.41, 5.74) is 2.88. The van der Waals surface area contributed by atoms with E-state index in [9.17, 15) is 0 Å². The molecule has 1 aliphatic heterocycles. The van der Waals surface area contributed by atoms with E-state index in [2.05, 4.69) is 67.2 Å². The van der Waals surface area contributed by atoms with Crippen LogP contribution in [0.15, 0.2) is 36.4 Å². The van der Waals surface area contributed by atoms with Gasteiger partial charge in [-0.05, 0) is 63.7 Å². The minimum absolute atomic E-state index is 0.702. The minimum atomic E-state index is 0.702. The lowest BCUT2D eigenvalue weighted by Crippen LogP contribution is -2.37. The first kappa shape index (κ1) is 19.2. The molecule has 3 heteroatoms. The highest BCUT2D eigenvalue weighted by Gasteiger charge is 2.25. The van der Waals surface area contributed by atoms with Crippen LogP contribution in [-0.4, -0.2) is 43.0 Å². The highest BCUT2D eigenvalue weighted by Crippen LogP contribution is 2.32. The van der Waals surface area contributed by atoms with Crippen LogP contribution in [0, 0.1) is 6.92 Å². The van der Waals surface area contributed by atoms with Gasteiger partial charge in [-0.1, -0.05) is 38.1 Å². The lowest BCUT2D eigenvalue weighted by molar-refractivity contribution is 0.201. The van der Waals surface area contributed by atoms with Crippen molar-refractivity contribution >= 4 is 11.3 Å². The van der Waals surface area contributed by atoms with E-state index >= 15 is 0 Å². The Hall–Kier alpha value is -1.16. The Bertz CT molecular complexity index is 618. The number of likely N-dealkylation sites (N-methyl/N-ethyl adjacent to an activating group) is 1. The van der Waals surface area contributed by atoms with Crippen LogP contribution in [0.2, 0.25) is 0 Å². The van der Waals surface area contributed by atoms with Gasteiger partial charge in [0.05, 0.1) is 0 Å². The van der Waals surface area contributed by atoms with E-state index in [1.165, 1.54) is 46.8 Å². The molecule has 1 saturated heterocycles. The van der Waals surface area contributed by atoms with Gasteiger partial charge in [0.15, 0.2) is 0 Å². The molecule has 1 aromatic heterocycles. The van der Waals surface area contributed by atoms with E-state index < -0.39 is 0 Å². The lowest BCUT2D eigenvalue weighted by Gasteiger charge is -2.27. The Morgan fingerprint density at radius 2 is 1.88 bits per heavy atom. The van der Waals surface area contributed by atoms with Crippen molar-refractivity contribution in [1.82, 2.24) is 9.80 Å². The molecule has 1 atom stereocenters. The van der Waals surface area contributed by atoms with Crippen LogP contribution in [-0.2, 0) is 6.54 Å². The maximum absolute atomic E-state index is 2.67. The van der Waals surface area contributed by atoms with Gasteiger partial charge in [-0.25, -0.2) is 0 Å². The molecular weight excluding hydrogens is 312 g/mol. The molecule has 0 aliphatic carbocycles. The second kappa shape index (κ2) is 9.36. The van der Waals surface area contributed by atoms with Crippen molar-refractivity contribution < 1.29 is 0 Å². The minimum Gasteiger partial charge on any atom is -0.308 e. The van der Waals surface area contributed by atoms with E-state index in [0.717, 1.165) is 6.54 Å². The molecule has 0 amide bonds. The lowest BCUT2D eigenvalue weighted by atomic mass is 10.0. The second-order valence-corrected chi connectivity index (χ2v) is 7.88. The Kier molecular flexibility index (Phi) is 7.47. The normalized spacial score (nSPS) is 17.8. The van der Waals surface area contributed by atoms with Crippen LogP contribution >= 0.6 is 11.3 Å².